The van der Waals surface area contributed by atoms with E-state index in [1.54, 1.807) is 0 Å². The van der Waals surface area contributed by atoms with Gasteiger partial charge in [-0.2, -0.15) is 0 Å². The molecule has 94 valence electrons. The van der Waals surface area contributed by atoms with E-state index < -0.39 is 0 Å². The van der Waals surface area contributed by atoms with Crippen molar-refractivity contribution in [3.8, 4) is 0 Å². The van der Waals surface area contributed by atoms with Gasteiger partial charge in [0, 0.05) is 24.4 Å². The first-order valence-electron chi connectivity index (χ1n) is 6.72. The maximum Gasteiger partial charge on any atom is 0.0419 e. The van der Waals surface area contributed by atoms with E-state index in [0.717, 1.165) is 12.1 Å². The summed E-state index contributed by atoms with van der Waals surface area (Å²) in [6.45, 7) is 4.74. The van der Waals surface area contributed by atoms with Crippen molar-refractivity contribution in [3.05, 3.63) is 30.1 Å². The molecule has 2 rings (SSSR count). The van der Waals surface area contributed by atoms with E-state index in [9.17, 15) is 0 Å². The van der Waals surface area contributed by atoms with E-state index in [4.69, 9.17) is 5.73 Å². The lowest BCUT2D eigenvalue weighted by molar-refractivity contribution is 0.172. The number of pyridine rings is 1. The number of hydrogen-bond acceptors (Lipinski definition) is 2. The van der Waals surface area contributed by atoms with Crippen LogP contribution in [-0.4, -0.2) is 11.0 Å². The quantitative estimate of drug-likeness (QED) is 0.869. The smallest absolute Gasteiger partial charge is 0.0419 e. The fourth-order valence-electron chi connectivity index (χ4n) is 2.78. The zero-order valence-corrected chi connectivity index (χ0v) is 11.0. The molecule has 1 aromatic rings. The van der Waals surface area contributed by atoms with Gasteiger partial charge >= 0.3 is 0 Å². The summed E-state index contributed by atoms with van der Waals surface area (Å²) in [6.07, 6.45) is 7.96. The summed E-state index contributed by atoms with van der Waals surface area (Å²) >= 11 is 0. The molecule has 1 aromatic heterocycles. The predicted molar refractivity (Wildman–Crippen MR) is 71.7 cm³/mol. The highest BCUT2D eigenvalue weighted by molar-refractivity contribution is 5.05. The second kappa shape index (κ2) is 5.18. The molecule has 0 amide bonds. The molecule has 1 aliphatic rings. The summed E-state index contributed by atoms with van der Waals surface area (Å²) in [4.78, 5) is 4.36. The second-order valence-electron chi connectivity index (χ2n) is 6.19. The molecule has 0 aromatic carbocycles. The highest BCUT2D eigenvalue weighted by Crippen LogP contribution is 2.39. The molecule has 0 bridgehead atoms. The van der Waals surface area contributed by atoms with Gasteiger partial charge < -0.3 is 5.73 Å². The summed E-state index contributed by atoms with van der Waals surface area (Å²) < 4.78 is 0. The minimum Gasteiger partial charge on any atom is -0.327 e. The summed E-state index contributed by atoms with van der Waals surface area (Å²) in [7, 11) is 0. The number of hydrogen-bond donors (Lipinski definition) is 1. The topological polar surface area (TPSA) is 38.9 Å². The fourth-order valence-corrected chi connectivity index (χ4v) is 2.78. The molecule has 0 aliphatic heterocycles. The van der Waals surface area contributed by atoms with Crippen LogP contribution in [0.25, 0.3) is 0 Å². The Morgan fingerprint density at radius 1 is 1.35 bits per heavy atom. The molecule has 1 aliphatic carbocycles. The Hall–Kier alpha value is -0.890. The van der Waals surface area contributed by atoms with E-state index in [1.807, 2.05) is 18.3 Å². The standard InChI is InChI=1S/C15H24N2/c1-15(2)8-6-12(7-9-15)14(16)11-13-5-3-4-10-17-13/h3-5,10,12,14H,6-9,11,16H2,1-2H3. The Labute approximate surface area is 105 Å². The summed E-state index contributed by atoms with van der Waals surface area (Å²) in [6, 6.07) is 6.35. The van der Waals surface area contributed by atoms with Crippen molar-refractivity contribution >= 4 is 0 Å². The highest BCUT2D eigenvalue weighted by Gasteiger charge is 2.29. The van der Waals surface area contributed by atoms with E-state index in [0.29, 0.717) is 11.3 Å². The van der Waals surface area contributed by atoms with Crippen molar-refractivity contribution in [2.24, 2.45) is 17.1 Å². The molecule has 1 saturated carbocycles. The molecular weight excluding hydrogens is 208 g/mol. The van der Waals surface area contributed by atoms with Gasteiger partial charge in [-0.25, -0.2) is 0 Å². The van der Waals surface area contributed by atoms with Crippen LogP contribution in [0.5, 0.6) is 0 Å². The van der Waals surface area contributed by atoms with Crippen molar-refractivity contribution in [2.45, 2.75) is 52.0 Å². The Balaban J connectivity index is 1.87. The van der Waals surface area contributed by atoms with Crippen molar-refractivity contribution < 1.29 is 0 Å². The summed E-state index contributed by atoms with van der Waals surface area (Å²) in [5, 5.41) is 0. The van der Waals surface area contributed by atoms with Gasteiger partial charge in [-0.3, -0.25) is 4.98 Å². The van der Waals surface area contributed by atoms with Gasteiger partial charge in [0.1, 0.15) is 0 Å². The van der Waals surface area contributed by atoms with Crippen molar-refractivity contribution in [1.29, 1.82) is 0 Å². The lowest BCUT2D eigenvalue weighted by Crippen LogP contribution is -2.36. The predicted octanol–water partition coefficient (Wildman–Crippen LogP) is 3.17. The number of nitrogens with zero attached hydrogens (tertiary/aromatic N) is 1. The minimum absolute atomic E-state index is 0.279. The van der Waals surface area contributed by atoms with Crippen LogP contribution < -0.4 is 5.73 Å². The minimum atomic E-state index is 0.279. The van der Waals surface area contributed by atoms with Crippen molar-refractivity contribution in [2.75, 3.05) is 0 Å². The Kier molecular flexibility index (Phi) is 3.82. The Morgan fingerprint density at radius 3 is 2.65 bits per heavy atom. The second-order valence-corrected chi connectivity index (χ2v) is 6.19. The van der Waals surface area contributed by atoms with Crippen LogP contribution >= 0.6 is 0 Å². The SMILES string of the molecule is CC1(C)CCC(C(N)Cc2ccccn2)CC1. The molecule has 1 fully saturated rings. The molecular formula is C15H24N2. The lowest BCUT2D eigenvalue weighted by atomic mass is 9.71. The number of nitrogens with two attached hydrogens (primary N) is 1. The third-order valence-corrected chi connectivity index (χ3v) is 4.16. The molecule has 1 atom stereocenters. The number of rotatable bonds is 3. The molecule has 2 heteroatoms. The van der Waals surface area contributed by atoms with E-state index in [1.165, 1.54) is 25.7 Å². The lowest BCUT2D eigenvalue weighted by Gasteiger charge is -2.36. The molecule has 2 nitrogen and oxygen atoms in total. The van der Waals surface area contributed by atoms with Crippen LogP contribution in [0.1, 0.15) is 45.2 Å². The van der Waals surface area contributed by atoms with Gasteiger partial charge in [0.25, 0.3) is 0 Å². The molecule has 0 spiro atoms. The first-order chi connectivity index (χ1) is 8.07. The maximum atomic E-state index is 6.33. The molecule has 1 heterocycles. The highest BCUT2D eigenvalue weighted by atomic mass is 14.7. The van der Waals surface area contributed by atoms with Crippen LogP contribution in [-0.2, 0) is 6.42 Å². The zero-order chi connectivity index (χ0) is 12.3. The van der Waals surface area contributed by atoms with Gasteiger partial charge in [0.15, 0.2) is 0 Å². The Morgan fingerprint density at radius 2 is 2.06 bits per heavy atom. The normalized spacial score (nSPS) is 22.3. The van der Waals surface area contributed by atoms with Crippen molar-refractivity contribution in [3.63, 3.8) is 0 Å². The van der Waals surface area contributed by atoms with Crippen LogP contribution in [0.15, 0.2) is 24.4 Å². The third kappa shape index (κ3) is 3.53. The molecule has 0 saturated heterocycles. The van der Waals surface area contributed by atoms with Gasteiger partial charge in [-0.1, -0.05) is 19.9 Å². The van der Waals surface area contributed by atoms with Gasteiger partial charge in [-0.15, -0.1) is 0 Å². The number of aromatic nitrogens is 1. The van der Waals surface area contributed by atoms with E-state index in [-0.39, 0.29) is 6.04 Å². The molecule has 17 heavy (non-hydrogen) atoms. The van der Waals surface area contributed by atoms with Gasteiger partial charge in [-0.05, 0) is 49.1 Å². The summed E-state index contributed by atoms with van der Waals surface area (Å²) in [5.41, 5.74) is 7.99. The largest absolute Gasteiger partial charge is 0.327 e. The molecule has 2 N–H and O–H groups in total. The average molecular weight is 232 g/mol. The zero-order valence-electron chi connectivity index (χ0n) is 11.0. The molecule has 1 unspecified atom stereocenters. The molecule has 0 radical (unpaired) electrons. The van der Waals surface area contributed by atoms with Gasteiger partial charge in [0.05, 0.1) is 0 Å². The van der Waals surface area contributed by atoms with Crippen LogP contribution in [0.3, 0.4) is 0 Å². The van der Waals surface area contributed by atoms with E-state index in [2.05, 4.69) is 24.9 Å². The van der Waals surface area contributed by atoms with Crippen LogP contribution in [0.2, 0.25) is 0 Å². The first-order valence-corrected chi connectivity index (χ1v) is 6.72. The van der Waals surface area contributed by atoms with Crippen LogP contribution in [0.4, 0.5) is 0 Å². The van der Waals surface area contributed by atoms with E-state index >= 15 is 0 Å². The van der Waals surface area contributed by atoms with Crippen LogP contribution in [0, 0.1) is 11.3 Å². The Bertz CT molecular complexity index is 335. The van der Waals surface area contributed by atoms with Gasteiger partial charge in [0.2, 0.25) is 0 Å². The van der Waals surface area contributed by atoms with Crippen molar-refractivity contribution in [1.82, 2.24) is 4.98 Å². The first kappa shape index (κ1) is 12.6. The maximum absolute atomic E-state index is 6.33. The fraction of sp³-hybridized carbons (Fsp3) is 0.667. The average Bonchev–Trinajstić information content (AvgIpc) is 2.30. The monoisotopic (exact) mass is 232 g/mol. The third-order valence-electron chi connectivity index (χ3n) is 4.16. The summed E-state index contributed by atoms with van der Waals surface area (Å²) in [5.74, 6) is 0.685.